The molecule has 4 heteroatoms. The lowest BCUT2D eigenvalue weighted by molar-refractivity contribution is -0.113. The monoisotopic (exact) mass is 428 g/mol. The van der Waals surface area contributed by atoms with Gasteiger partial charge in [0.25, 0.3) is 0 Å². The van der Waals surface area contributed by atoms with Gasteiger partial charge in [-0.15, -0.1) is 0 Å². The minimum absolute atomic E-state index is 0.0639. The van der Waals surface area contributed by atoms with Gasteiger partial charge in [-0.3, -0.25) is 4.79 Å². The molecule has 1 unspecified atom stereocenters. The number of hydrogen-bond donors (Lipinski definition) is 2. The third kappa shape index (κ3) is 2.38. The zero-order valence-corrected chi connectivity index (χ0v) is 18.0. The van der Waals surface area contributed by atoms with Crippen LogP contribution in [0.15, 0.2) is 95.8 Å². The highest BCUT2D eigenvalue weighted by Crippen LogP contribution is 2.42. The Morgan fingerprint density at radius 3 is 2.39 bits per heavy atom. The van der Waals surface area contributed by atoms with Crippen LogP contribution in [0.1, 0.15) is 11.6 Å². The highest BCUT2D eigenvalue weighted by Gasteiger charge is 2.34. The van der Waals surface area contributed by atoms with E-state index >= 15 is 0 Å². The van der Waals surface area contributed by atoms with E-state index < -0.39 is 0 Å². The minimum atomic E-state index is -0.145. The second kappa shape index (κ2) is 6.36. The topological polar surface area (TPSA) is 54.3 Å². The number of carbonyl (C=O) groups is 1. The van der Waals surface area contributed by atoms with Gasteiger partial charge in [0.15, 0.2) is 5.78 Å². The smallest absolute Gasteiger partial charge is 0.200 e. The maximum absolute atomic E-state index is 13.1. The molecule has 4 aromatic carbocycles. The summed E-state index contributed by atoms with van der Waals surface area (Å²) in [5.41, 5.74) is 4.03. The Bertz CT molecular complexity index is 1770. The van der Waals surface area contributed by atoms with E-state index in [1.807, 2.05) is 49.5 Å². The first-order valence-corrected chi connectivity index (χ1v) is 11.1. The molecule has 1 aliphatic heterocycles. The van der Waals surface area contributed by atoms with Crippen LogP contribution in [-0.2, 0) is 11.8 Å². The number of nitrogens with zero attached hydrogens (tertiary/aromatic N) is 1. The number of nitrogens with one attached hydrogen (secondary N) is 1. The summed E-state index contributed by atoms with van der Waals surface area (Å²) in [7, 11) is 2.00. The normalized spacial score (nSPS) is 19.3. The van der Waals surface area contributed by atoms with Crippen molar-refractivity contribution in [2.45, 2.75) is 6.04 Å². The Hall–Kier alpha value is -4.31. The van der Waals surface area contributed by atoms with Crippen molar-refractivity contribution in [2.24, 2.45) is 7.05 Å². The van der Waals surface area contributed by atoms with Gasteiger partial charge in [0.1, 0.15) is 5.76 Å². The van der Waals surface area contributed by atoms with Gasteiger partial charge in [-0.05, 0) is 40.6 Å². The zero-order valence-electron chi connectivity index (χ0n) is 18.0. The van der Waals surface area contributed by atoms with Gasteiger partial charge in [0.2, 0.25) is 0 Å². The molecule has 0 saturated carbocycles. The summed E-state index contributed by atoms with van der Waals surface area (Å²) < 4.78 is 2.09. The largest absolute Gasteiger partial charge is 0.506 e. The van der Waals surface area contributed by atoms with Crippen molar-refractivity contribution in [3.05, 3.63) is 107 Å². The van der Waals surface area contributed by atoms with Crippen LogP contribution >= 0.6 is 0 Å². The molecule has 0 bridgehead atoms. The SMILES string of the molecule is Cn1/c(=C/C2=C(O)C(=C/C3Nc4cccc5cccc3c45)/C2=O)c2cccc3cccc1c32. The molecule has 5 aromatic rings. The number of Topliss-reactive ketones (excluding diaryl/α,β-unsaturated/α-hetero) is 1. The molecule has 4 nitrogen and oxygen atoms in total. The van der Waals surface area contributed by atoms with Crippen LogP contribution in [0.5, 0.6) is 0 Å². The van der Waals surface area contributed by atoms with Crippen LogP contribution in [0.4, 0.5) is 5.69 Å². The molecule has 0 radical (unpaired) electrons. The Labute approximate surface area is 189 Å². The Kier molecular flexibility index (Phi) is 3.52. The van der Waals surface area contributed by atoms with E-state index in [9.17, 15) is 9.90 Å². The van der Waals surface area contributed by atoms with Crippen LogP contribution in [0.2, 0.25) is 0 Å². The summed E-state index contributed by atoms with van der Waals surface area (Å²) >= 11 is 0. The van der Waals surface area contributed by atoms with Crippen molar-refractivity contribution in [1.29, 1.82) is 0 Å². The molecule has 0 amide bonds. The molecule has 0 saturated heterocycles. The van der Waals surface area contributed by atoms with E-state index in [1.165, 1.54) is 21.5 Å². The molecule has 1 aliphatic carbocycles. The molecular weight excluding hydrogens is 408 g/mol. The number of aryl methyl sites for hydroxylation is 1. The lowest BCUT2D eigenvalue weighted by Crippen LogP contribution is -2.25. The summed E-state index contributed by atoms with van der Waals surface area (Å²) in [6, 6.07) is 24.6. The maximum atomic E-state index is 13.1. The fourth-order valence-corrected chi connectivity index (χ4v) is 5.46. The quantitative estimate of drug-likeness (QED) is 0.367. The van der Waals surface area contributed by atoms with Crippen molar-refractivity contribution >= 4 is 50.0 Å². The molecule has 2 heterocycles. The van der Waals surface area contributed by atoms with E-state index in [0.717, 1.165) is 27.5 Å². The lowest BCUT2D eigenvalue weighted by atomic mass is 9.85. The first kappa shape index (κ1) is 18.3. The number of allylic oxidation sites excluding steroid dienone is 2. The van der Waals surface area contributed by atoms with Crippen LogP contribution in [-0.4, -0.2) is 15.5 Å². The Balaban J connectivity index is 1.35. The molecule has 0 spiro atoms. The van der Waals surface area contributed by atoms with E-state index in [1.54, 1.807) is 0 Å². The molecule has 33 heavy (non-hydrogen) atoms. The predicted octanol–water partition coefficient (Wildman–Crippen LogP) is 5.47. The molecule has 2 aliphatic rings. The van der Waals surface area contributed by atoms with Crippen molar-refractivity contribution < 1.29 is 9.90 Å². The van der Waals surface area contributed by atoms with Crippen molar-refractivity contribution in [3.63, 3.8) is 0 Å². The van der Waals surface area contributed by atoms with Crippen LogP contribution in [0, 0.1) is 0 Å². The number of ketones is 1. The van der Waals surface area contributed by atoms with Crippen molar-refractivity contribution in [2.75, 3.05) is 5.32 Å². The standard InChI is InChI=1S/C29H20N2O2/c1-31-24-13-5-9-17-7-3-11-19(27(17)24)25(31)15-21-28(32)20(29(21)33)14-23-18-10-2-6-16-8-4-12-22(30-23)26(16)18/h2-15,23,30,32H,1H3/b20-14-,25-15+. The number of benzene rings is 4. The summed E-state index contributed by atoms with van der Waals surface area (Å²) in [5.74, 6) is -0.0598. The van der Waals surface area contributed by atoms with Crippen molar-refractivity contribution in [3.8, 4) is 0 Å². The average molecular weight is 428 g/mol. The Morgan fingerprint density at radius 2 is 1.61 bits per heavy atom. The van der Waals surface area contributed by atoms with Crippen molar-refractivity contribution in [1.82, 2.24) is 4.57 Å². The van der Waals surface area contributed by atoms with Gasteiger partial charge in [-0.1, -0.05) is 60.7 Å². The maximum Gasteiger partial charge on any atom is 0.200 e. The molecular formula is C29H20N2O2. The Morgan fingerprint density at radius 1 is 0.909 bits per heavy atom. The molecule has 1 atom stereocenters. The number of rotatable bonds is 2. The second-order valence-electron chi connectivity index (χ2n) is 8.81. The lowest BCUT2D eigenvalue weighted by Gasteiger charge is -2.21. The van der Waals surface area contributed by atoms with E-state index in [4.69, 9.17) is 0 Å². The number of hydrogen-bond acceptors (Lipinski definition) is 3. The first-order valence-electron chi connectivity index (χ1n) is 11.1. The molecule has 2 N–H and O–H groups in total. The number of aromatic nitrogens is 1. The van der Waals surface area contributed by atoms with E-state index in [2.05, 4.69) is 52.3 Å². The van der Waals surface area contributed by atoms with Gasteiger partial charge < -0.3 is 15.0 Å². The minimum Gasteiger partial charge on any atom is -0.506 e. The summed E-state index contributed by atoms with van der Waals surface area (Å²) in [5, 5.41) is 21.0. The molecule has 0 fully saturated rings. The van der Waals surface area contributed by atoms with E-state index in [-0.39, 0.29) is 17.6 Å². The van der Waals surface area contributed by atoms with Gasteiger partial charge in [0.05, 0.1) is 17.2 Å². The summed E-state index contributed by atoms with van der Waals surface area (Å²) in [6.07, 6.45) is 3.67. The predicted molar refractivity (Wildman–Crippen MR) is 133 cm³/mol. The highest BCUT2D eigenvalue weighted by atomic mass is 16.3. The number of aliphatic hydroxyl groups excluding tert-OH is 1. The number of carbonyl (C=O) groups excluding carboxylic acids is 1. The molecule has 158 valence electrons. The summed E-state index contributed by atoms with van der Waals surface area (Å²) in [4.78, 5) is 13.1. The number of aliphatic hydroxyl groups is 1. The highest BCUT2D eigenvalue weighted by molar-refractivity contribution is 6.24. The third-order valence-corrected chi connectivity index (χ3v) is 7.08. The second-order valence-corrected chi connectivity index (χ2v) is 8.81. The fourth-order valence-electron chi connectivity index (χ4n) is 5.46. The molecule has 7 rings (SSSR count). The average Bonchev–Trinajstić information content (AvgIpc) is 3.34. The molecule has 1 aromatic heterocycles. The van der Waals surface area contributed by atoms with Gasteiger partial charge in [-0.25, -0.2) is 0 Å². The third-order valence-electron chi connectivity index (χ3n) is 7.08. The van der Waals surface area contributed by atoms with Gasteiger partial charge >= 0.3 is 0 Å². The van der Waals surface area contributed by atoms with Crippen LogP contribution < -0.4 is 10.7 Å². The van der Waals surface area contributed by atoms with E-state index in [0.29, 0.717) is 11.1 Å². The van der Waals surface area contributed by atoms with Crippen LogP contribution in [0.3, 0.4) is 0 Å². The van der Waals surface area contributed by atoms with Crippen LogP contribution in [0.25, 0.3) is 38.5 Å². The number of anilines is 1. The van der Waals surface area contributed by atoms with Gasteiger partial charge in [-0.2, -0.15) is 0 Å². The zero-order chi connectivity index (χ0) is 22.3. The first-order chi connectivity index (χ1) is 16.1. The van der Waals surface area contributed by atoms with Gasteiger partial charge in [0, 0.05) is 39.8 Å². The fraction of sp³-hybridized carbons (Fsp3) is 0.0690. The summed E-state index contributed by atoms with van der Waals surface area (Å²) in [6.45, 7) is 0.